The molecule has 132 valence electrons. The van der Waals surface area contributed by atoms with Gasteiger partial charge in [0.2, 0.25) is 5.91 Å². The van der Waals surface area contributed by atoms with Crippen LogP contribution in [0.1, 0.15) is 43.0 Å². The number of rotatable bonds is 4. The number of nitrogens with one attached hydrogen (secondary N) is 1. The van der Waals surface area contributed by atoms with Crippen LogP contribution < -0.4 is 0 Å². The summed E-state index contributed by atoms with van der Waals surface area (Å²) < 4.78 is 0. The van der Waals surface area contributed by atoms with E-state index in [4.69, 9.17) is 0 Å². The predicted molar refractivity (Wildman–Crippen MR) is 97.0 cm³/mol. The molecule has 0 aliphatic carbocycles. The van der Waals surface area contributed by atoms with E-state index < -0.39 is 0 Å². The van der Waals surface area contributed by atoms with Gasteiger partial charge in [0.25, 0.3) is 0 Å². The maximum atomic E-state index is 13.2. The number of aromatic amines is 1. The molecule has 2 atom stereocenters. The third-order valence-corrected chi connectivity index (χ3v) is 5.52. The van der Waals surface area contributed by atoms with E-state index in [0.29, 0.717) is 11.8 Å². The van der Waals surface area contributed by atoms with Gasteiger partial charge in [0.05, 0.1) is 6.04 Å². The van der Waals surface area contributed by atoms with Crippen LogP contribution in [0.3, 0.4) is 0 Å². The first kappa shape index (κ1) is 16.3. The summed E-state index contributed by atoms with van der Waals surface area (Å²) in [5.41, 5.74) is 1.29. The van der Waals surface area contributed by atoms with Crippen LogP contribution in [0.2, 0.25) is 0 Å². The lowest BCUT2D eigenvalue weighted by molar-refractivity contribution is -0.137. The number of hydrogen-bond donors (Lipinski definition) is 1. The Morgan fingerprint density at radius 1 is 1.16 bits per heavy atom. The number of hydrogen-bond acceptors (Lipinski definition) is 3. The van der Waals surface area contributed by atoms with Gasteiger partial charge in [-0.3, -0.25) is 9.69 Å². The largest absolute Gasteiger partial charge is 0.348 e. The quantitative estimate of drug-likeness (QED) is 0.933. The van der Waals surface area contributed by atoms with Crippen molar-refractivity contribution in [2.24, 2.45) is 0 Å². The van der Waals surface area contributed by atoms with Crippen LogP contribution in [0.15, 0.2) is 42.7 Å². The fourth-order valence-corrected chi connectivity index (χ4v) is 4.22. The van der Waals surface area contributed by atoms with Gasteiger partial charge in [-0.25, -0.2) is 4.98 Å². The molecule has 0 saturated carbocycles. The number of benzene rings is 1. The number of nitrogens with zero attached hydrogens (tertiary/aromatic N) is 3. The van der Waals surface area contributed by atoms with Crippen molar-refractivity contribution in [1.82, 2.24) is 19.8 Å². The van der Waals surface area contributed by atoms with Gasteiger partial charge in [-0.15, -0.1) is 0 Å². The Morgan fingerprint density at radius 2 is 2.00 bits per heavy atom. The van der Waals surface area contributed by atoms with Crippen LogP contribution >= 0.6 is 0 Å². The minimum Gasteiger partial charge on any atom is -0.348 e. The lowest BCUT2D eigenvalue weighted by atomic mass is 9.96. The molecule has 2 fully saturated rings. The third kappa shape index (κ3) is 3.61. The van der Waals surface area contributed by atoms with Crippen molar-refractivity contribution in [2.45, 2.75) is 44.2 Å². The third-order valence-electron chi connectivity index (χ3n) is 5.52. The summed E-state index contributed by atoms with van der Waals surface area (Å²) in [4.78, 5) is 25.2. The van der Waals surface area contributed by atoms with Crippen molar-refractivity contribution in [3.05, 3.63) is 54.1 Å². The zero-order valence-corrected chi connectivity index (χ0v) is 14.6. The number of amides is 1. The first-order valence-electron chi connectivity index (χ1n) is 9.37. The zero-order chi connectivity index (χ0) is 17.1. The number of carbonyl (C=O) groups excluding carboxylic acids is 1. The highest BCUT2D eigenvalue weighted by molar-refractivity contribution is 5.82. The van der Waals surface area contributed by atoms with Crippen LogP contribution in [-0.4, -0.2) is 51.4 Å². The molecule has 2 aromatic rings. The number of likely N-dealkylation sites (tertiary alicyclic amines) is 2. The first-order valence-corrected chi connectivity index (χ1v) is 9.37. The maximum absolute atomic E-state index is 13.2. The minimum absolute atomic E-state index is 0.0376. The van der Waals surface area contributed by atoms with E-state index in [9.17, 15) is 4.79 Å². The standard InChI is InChI=1S/C20H26N4O/c25-20(24-13-4-8-17(15-24)19-21-10-11-22-19)18-9-5-12-23(18)14-16-6-2-1-3-7-16/h1-3,6-7,10-11,17-18H,4-5,8-9,12-15H2,(H,21,22). The molecular weight excluding hydrogens is 312 g/mol. The second-order valence-electron chi connectivity index (χ2n) is 7.21. The van der Waals surface area contributed by atoms with Gasteiger partial charge < -0.3 is 9.88 Å². The van der Waals surface area contributed by atoms with E-state index in [1.54, 1.807) is 6.20 Å². The van der Waals surface area contributed by atoms with Gasteiger partial charge in [0.1, 0.15) is 5.82 Å². The van der Waals surface area contributed by atoms with E-state index in [-0.39, 0.29) is 6.04 Å². The Morgan fingerprint density at radius 3 is 2.80 bits per heavy atom. The van der Waals surface area contributed by atoms with Gasteiger partial charge >= 0.3 is 0 Å². The van der Waals surface area contributed by atoms with Gasteiger partial charge in [0.15, 0.2) is 0 Å². The number of carbonyl (C=O) groups is 1. The van der Waals surface area contributed by atoms with E-state index >= 15 is 0 Å². The smallest absolute Gasteiger partial charge is 0.239 e. The first-order chi connectivity index (χ1) is 12.3. The molecule has 1 N–H and O–H groups in total. The second kappa shape index (κ2) is 7.40. The average Bonchev–Trinajstić information content (AvgIpc) is 3.34. The molecule has 0 bridgehead atoms. The Hall–Kier alpha value is -2.14. The molecule has 2 unspecified atom stereocenters. The van der Waals surface area contributed by atoms with Crippen molar-refractivity contribution in [3.63, 3.8) is 0 Å². The summed E-state index contributed by atoms with van der Waals surface area (Å²) in [5.74, 6) is 1.67. The summed E-state index contributed by atoms with van der Waals surface area (Å²) in [7, 11) is 0. The van der Waals surface area contributed by atoms with Gasteiger partial charge in [0, 0.05) is 37.9 Å². The molecule has 0 radical (unpaired) electrons. The number of imidazole rings is 1. The van der Waals surface area contributed by atoms with Crippen molar-refractivity contribution >= 4 is 5.91 Å². The van der Waals surface area contributed by atoms with E-state index in [1.165, 1.54) is 5.56 Å². The lowest BCUT2D eigenvalue weighted by Crippen LogP contribution is -2.48. The molecule has 2 saturated heterocycles. The maximum Gasteiger partial charge on any atom is 0.239 e. The number of aromatic nitrogens is 2. The van der Waals surface area contributed by atoms with E-state index in [0.717, 1.165) is 57.7 Å². The van der Waals surface area contributed by atoms with Gasteiger partial charge in [-0.05, 0) is 37.8 Å². The summed E-state index contributed by atoms with van der Waals surface area (Å²) >= 11 is 0. The molecule has 25 heavy (non-hydrogen) atoms. The Bertz CT molecular complexity index is 685. The minimum atomic E-state index is 0.0376. The molecule has 3 heterocycles. The summed E-state index contributed by atoms with van der Waals surface area (Å²) in [6.45, 7) is 3.56. The molecule has 1 amide bonds. The highest BCUT2D eigenvalue weighted by atomic mass is 16.2. The highest BCUT2D eigenvalue weighted by Crippen LogP contribution is 2.28. The number of piperidine rings is 1. The average molecular weight is 338 g/mol. The topological polar surface area (TPSA) is 52.2 Å². The van der Waals surface area contributed by atoms with Crippen molar-refractivity contribution < 1.29 is 4.79 Å². The molecule has 1 aromatic heterocycles. The Kier molecular flexibility index (Phi) is 4.83. The predicted octanol–water partition coefficient (Wildman–Crippen LogP) is 2.78. The molecule has 5 heteroatoms. The second-order valence-corrected chi connectivity index (χ2v) is 7.21. The lowest BCUT2D eigenvalue weighted by Gasteiger charge is -2.35. The summed E-state index contributed by atoms with van der Waals surface area (Å²) in [6.07, 6.45) is 7.92. The molecular formula is C20H26N4O. The fourth-order valence-electron chi connectivity index (χ4n) is 4.22. The van der Waals surface area contributed by atoms with Crippen molar-refractivity contribution in [1.29, 1.82) is 0 Å². The normalized spacial score (nSPS) is 24.6. The Balaban J connectivity index is 1.42. The van der Waals surface area contributed by atoms with Gasteiger partial charge in [-0.2, -0.15) is 0 Å². The van der Waals surface area contributed by atoms with Crippen LogP contribution in [0.4, 0.5) is 0 Å². The molecule has 1 aromatic carbocycles. The van der Waals surface area contributed by atoms with E-state index in [2.05, 4.69) is 44.0 Å². The molecule has 0 spiro atoms. The van der Waals surface area contributed by atoms with Crippen molar-refractivity contribution in [3.8, 4) is 0 Å². The fraction of sp³-hybridized carbons (Fsp3) is 0.500. The van der Waals surface area contributed by atoms with Crippen LogP contribution in [0, 0.1) is 0 Å². The number of H-pyrrole nitrogens is 1. The highest BCUT2D eigenvalue weighted by Gasteiger charge is 2.35. The summed E-state index contributed by atoms with van der Waals surface area (Å²) in [6, 6.07) is 10.5. The SMILES string of the molecule is O=C(C1CCCN1Cc1ccccc1)N1CCCC(c2ncc[nH]2)C1. The van der Waals surface area contributed by atoms with Crippen LogP contribution in [0.5, 0.6) is 0 Å². The monoisotopic (exact) mass is 338 g/mol. The van der Waals surface area contributed by atoms with E-state index in [1.807, 2.05) is 12.3 Å². The molecule has 5 nitrogen and oxygen atoms in total. The molecule has 2 aliphatic heterocycles. The zero-order valence-electron chi connectivity index (χ0n) is 14.6. The Labute approximate surface area is 149 Å². The summed E-state index contributed by atoms with van der Waals surface area (Å²) in [5, 5.41) is 0. The molecule has 2 aliphatic rings. The van der Waals surface area contributed by atoms with Crippen LogP contribution in [-0.2, 0) is 11.3 Å². The van der Waals surface area contributed by atoms with Crippen LogP contribution in [0.25, 0.3) is 0 Å². The molecule has 4 rings (SSSR count). The van der Waals surface area contributed by atoms with Crippen molar-refractivity contribution in [2.75, 3.05) is 19.6 Å². The van der Waals surface area contributed by atoms with Gasteiger partial charge in [-0.1, -0.05) is 30.3 Å².